The van der Waals surface area contributed by atoms with Gasteiger partial charge in [0.1, 0.15) is 5.75 Å². The number of ether oxygens (including phenoxy) is 1. The molecule has 0 atom stereocenters. The molecule has 0 unspecified atom stereocenters. The molecule has 1 aliphatic rings. The van der Waals surface area contributed by atoms with Gasteiger partial charge < -0.3 is 4.74 Å². The first kappa shape index (κ1) is 13.9. The summed E-state index contributed by atoms with van der Waals surface area (Å²) in [5, 5.41) is 0. The smallest absolute Gasteiger partial charge is 0.167 e. The second-order valence-electron chi connectivity index (χ2n) is 6.47. The lowest BCUT2D eigenvalue weighted by molar-refractivity contribution is 0.0993. The summed E-state index contributed by atoms with van der Waals surface area (Å²) in [5.74, 6) is 1.07. The zero-order valence-electron chi connectivity index (χ0n) is 12.8. The molecule has 0 radical (unpaired) electrons. The van der Waals surface area contributed by atoms with Crippen LogP contribution in [0.15, 0.2) is 42.5 Å². The monoisotopic (exact) mass is 280 g/mol. The molecule has 0 amide bonds. The summed E-state index contributed by atoms with van der Waals surface area (Å²) in [6, 6.07) is 13.9. The first-order valence-electron chi connectivity index (χ1n) is 7.32. The maximum atomic E-state index is 12.5. The molecule has 3 rings (SSSR count). The minimum atomic E-state index is -0.0184. The molecule has 21 heavy (non-hydrogen) atoms. The number of Topliss-reactive ketones (excluding diaryl/α,β-unsaturated/α-hetero) is 1. The summed E-state index contributed by atoms with van der Waals surface area (Å²) in [5.41, 5.74) is 4.16. The highest BCUT2D eigenvalue weighted by Crippen LogP contribution is 2.38. The molecule has 0 aliphatic carbocycles. The van der Waals surface area contributed by atoms with Gasteiger partial charge in [-0.3, -0.25) is 4.79 Å². The van der Waals surface area contributed by atoms with Crippen molar-refractivity contribution in [2.75, 3.05) is 6.61 Å². The van der Waals surface area contributed by atoms with Crippen molar-refractivity contribution in [2.45, 2.75) is 32.6 Å². The molecule has 0 aromatic heterocycles. The van der Waals surface area contributed by atoms with E-state index in [4.69, 9.17) is 4.74 Å². The van der Waals surface area contributed by atoms with E-state index in [2.05, 4.69) is 13.8 Å². The summed E-state index contributed by atoms with van der Waals surface area (Å²) in [6.07, 6.45) is 0.445. The number of fused-ring (bicyclic) bond motifs is 1. The van der Waals surface area contributed by atoms with E-state index < -0.39 is 0 Å². The lowest BCUT2D eigenvalue weighted by Crippen LogP contribution is -2.18. The third-order valence-corrected chi connectivity index (χ3v) is 4.10. The molecule has 1 heterocycles. The normalized spacial score (nSPS) is 15.4. The SMILES string of the molecule is Cc1ccc(CC(=O)c2ccc3c(c2)C(C)(C)CO3)cc1. The molecule has 0 saturated carbocycles. The molecular weight excluding hydrogens is 260 g/mol. The van der Waals surface area contributed by atoms with Crippen molar-refractivity contribution in [1.82, 2.24) is 0 Å². The second kappa shape index (κ2) is 5.03. The van der Waals surface area contributed by atoms with Crippen LogP contribution in [0.5, 0.6) is 5.75 Å². The number of hydrogen-bond acceptors (Lipinski definition) is 2. The molecule has 0 fully saturated rings. The first-order valence-corrected chi connectivity index (χ1v) is 7.32. The Hall–Kier alpha value is -2.09. The quantitative estimate of drug-likeness (QED) is 0.792. The van der Waals surface area contributed by atoms with Crippen molar-refractivity contribution >= 4 is 5.78 Å². The van der Waals surface area contributed by atoms with Gasteiger partial charge in [0.05, 0.1) is 6.61 Å². The number of ketones is 1. The third-order valence-electron chi connectivity index (χ3n) is 4.10. The molecule has 0 spiro atoms. The average molecular weight is 280 g/mol. The highest BCUT2D eigenvalue weighted by Gasteiger charge is 2.32. The van der Waals surface area contributed by atoms with Crippen molar-refractivity contribution in [1.29, 1.82) is 0 Å². The lowest BCUT2D eigenvalue weighted by atomic mass is 9.85. The molecule has 2 nitrogen and oxygen atoms in total. The Labute approximate surface area is 125 Å². The minimum Gasteiger partial charge on any atom is -0.492 e. The van der Waals surface area contributed by atoms with E-state index in [1.165, 1.54) is 5.56 Å². The maximum Gasteiger partial charge on any atom is 0.167 e. The molecule has 2 heteroatoms. The van der Waals surface area contributed by atoms with Crippen molar-refractivity contribution in [3.8, 4) is 5.75 Å². The van der Waals surface area contributed by atoms with Gasteiger partial charge >= 0.3 is 0 Å². The van der Waals surface area contributed by atoms with Crippen LogP contribution in [0.3, 0.4) is 0 Å². The largest absolute Gasteiger partial charge is 0.492 e. The summed E-state index contributed by atoms with van der Waals surface area (Å²) in [6.45, 7) is 7.02. The van der Waals surface area contributed by atoms with Gasteiger partial charge in [-0.1, -0.05) is 43.7 Å². The van der Waals surface area contributed by atoms with Crippen LogP contribution in [0.1, 0.15) is 40.9 Å². The standard InChI is InChI=1S/C19H20O2/c1-13-4-6-14(7-5-13)10-17(20)15-8-9-18-16(11-15)19(2,3)12-21-18/h4-9,11H,10,12H2,1-3H3. The Morgan fingerprint density at radius 2 is 1.86 bits per heavy atom. The Kier molecular flexibility index (Phi) is 3.32. The fourth-order valence-corrected chi connectivity index (χ4v) is 2.69. The summed E-state index contributed by atoms with van der Waals surface area (Å²) >= 11 is 0. The fraction of sp³-hybridized carbons (Fsp3) is 0.316. The fourth-order valence-electron chi connectivity index (χ4n) is 2.69. The average Bonchev–Trinajstić information content (AvgIpc) is 2.77. The van der Waals surface area contributed by atoms with E-state index in [9.17, 15) is 4.79 Å². The molecule has 2 aromatic carbocycles. The molecule has 0 saturated heterocycles. The van der Waals surface area contributed by atoms with Crippen LogP contribution in [0.4, 0.5) is 0 Å². The van der Waals surface area contributed by atoms with Crippen molar-refractivity contribution < 1.29 is 9.53 Å². The summed E-state index contributed by atoms with van der Waals surface area (Å²) in [7, 11) is 0. The predicted octanol–water partition coefficient (Wildman–Crippen LogP) is 4.09. The van der Waals surface area contributed by atoms with Crippen molar-refractivity contribution in [3.63, 3.8) is 0 Å². The Balaban J connectivity index is 1.84. The van der Waals surface area contributed by atoms with Crippen LogP contribution in [-0.4, -0.2) is 12.4 Å². The van der Waals surface area contributed by atoms with Gasteiger partial charge in [0.25, 0.3) is 0 Å². The van der Waals surface area contributed by atoms with Crippen molar-refractivity contribution in [2.24, 2.45) is 0 Å². The lowest BCUT2D eigenvalue weighted by Gasteiger charge is -2.15. The summed E-state index contributed by atoms with van der Waals surface area (Å²) < 4.78 is 5.67. The van der Waals surface area contributed by atoms with Crippen LogP contribution in [0.25, 0.3) is 0 Å². The van der Waals surface area contributed by atoms with Crippen LogP contribution in [0, 0.1) is 6.92 Å². The zero-order valence-corrected chi connectivity index (χ0v) is 12.8. The predicted molar refractivity (Wildman–Crippen MR) is 84.2 cm³/mol. The first-order chi connectivity index (χ1) is 9.95. The van der Waals surface area contributed by atoms with Gasteiger partial charge in [-0.15, -0.1) is 0 Å². The van der Waals surface area contributed by atoms with Gasteiger partial charge in [-0.25, -0.2) is 0 Å². The van der Waals surface area contributed by atoms with E-state index in [1.54, 1.807) is 0 Å². The number of carbonyl (C=O) groups is 1. The van der Waals surface area contributed by atoms with Crippen molar-refractivity contribution in [3.05, 3.63) is 64.7 Å². The van der Waals surface area contributed by atoms with Crippen LogP contribution in [-0.2, 0) is 11.8 Å². The molecule has 2 aromatic rings. The second-order valence-corrected chi connectivity index (χ2v) is 6.47. The van der Waals surface area contributed by atoms with E-state index >= 15 is 0 Å². The number of hydrogen-bond donors (Lipinski definition) is 0. The zero-order chi connectivity index (χ0) is 15.0. The number of rotatable bonds is 3. The van der Waals surface area contributed by atoms with Gasteiger partial charge in [0.15, 0.2) is 5.78 Å². The third kappa shape index (κ3) is 2.71. The van der Waals surface area contributed by atoms with Gasteiger partial charge in [-0.2, -0.15) is 0 Å². The van der Waals surface area contributed by atoms with E-state index in [-0.39, 0.29) is 11.2 Å². The van der Waals surface area contributed by atoms with Crippen LogP contribution in [0.2, 0.25) is 0 Å². The molecule has 1 aliphatic heterocycles. The molecule has 0 N–H and O–H groups in total. The number of carbonyl (C=O) groups excluding carboxylic acids is 1. The number of benzene rings is 2. The Morgan fingerprint density at radius 1 is 1.14 bits per heavy atom. The molecular formula is C19H20O2. The van der Waals surface area contributed by atoms with E-state index in [1.807, 2.05) is 49.4 Å². The maximum absolute atomic E-state index is 12.5. The van der Waals surface area contributed by atoms with E-state index in [0.29, 0.717) is 13.0 Å². The Bertz CT molecular complexity index is 681. The number of aryl methyl sites for hydroxylation is 1. The van der Waals surface area contributed by atoms with Gasteiger partial charge in [-0.05, 0) is 30.7 Å². The van der Waals surface area contributed by atoms with Gasteiger partial charge in [0, 0.05) is 23.0 Å². The van der Waals surface area contributed by atoms with Crippen LogP contribution >= 0.6 is 0 Å². The van der Waals surface area contributed by atoms with Crippen LogP contribution < -0.4 is 4.74 Å². The molecule has 108 valence electrons. The minimum absolute atomic E-state index is 0.0184. The topological polar surface area (TPSA) is 26.3 Å². The molecule has 0 bridgehead atoms. The highest BCUT2D eigenvalue weighted by molar-refractivity contribution is 5.98. The van der Waals surface area contributed by atoms with Gasteiger partial charge in [0.2, 0.25) is 0 Å². The Morgan fingerprint density at radius 3 is 2.57 bits per heavy atom. The summed E-state index contributed by atoms with van der Waals surface area (Å²) in [4.78, 5) is 12.5. The van der Waals surface area contributed by atoms with E-state index in [0.717, 1.165) is 22.4 Å². The highest BCUT2D eigenvalue weighted by atomic mass is 16.5.